The van der Waals surface area contributed by atoms with Crippen molar-refractivity contribution in [3.8, 4) is 0 Å². The number of carbonyl (C=O) groups excluding carboxylic acids is 1. The number of hydrazine groups is 1. The van der Waals surface area contributed by atoms with Gasteiger partial charge in [-0.2, -0.15) is 4.68 Å². The molecule has 104 valence electrons. The highest BCUT2D eigenvalue weighted by atomic mass is 16.6. The maximum Gasteiger partial charge on any atom is 0.392 e. The van der Waals surface area contributed by atoms with Crippen LogP contribution in [0.3, 0.4) is 0 Å². The van der Waals surface area contributed by atoms with Crippen LogP contribution in [0.5, 0.6) is 0 Å². The largest absolute Gasteiger partial charge is 0.392 e. The Kier molecular flexibility index (Phi) is 3.76. The Bertz CT molecular complexity index is 638. The number of amides is 1. The molecular formula is C12H13N5O3. The molecule has 20 heavy (non-hydrogen) atoms. The molecule has 0 aliphatic carbocycles. The van der Waals surface area contributed by atoms with E-state index >= 15 is 0 Å². The number of rotatable bonds is 4. The average molecular weight is 275 g/mol. The second-order valence-electron chi connectivity index (χ2n) is 4.19. The smallest absolute Gasteiger partial charge is 0.358 e. The quantitative estimate of drug-likeness (QED) is 0.368. The first-order chi connectivity index (χ1) is 9.54. The lowest BCUT2D eigenvalue weighted by Crippen LogP contribution is -2.37. The number of hydrogen-bond donors (Lipinski definition) is 2. The molecule has 0 saturated heterocycles. The maximum atomic E-state index is 11.9. The Labute approximate surface area is 114 Å². The van der Waals surface area contributed by atoms with E-state index in [0.29, 0.717) is 11.1 Å². The van der Waals surface area contributed by atoms with Gasteiger partial charge in [-0.15, -0.1) is 0 Å². The molecule has 8 heteroatoms. The molecular weight excluding hydrogens is 262 g/mol. The fraction of sp³-hybridized carbons (Fsp3) is 0.167. The van der Waals surface area contributed by atoms with Gasteiger partial charge in [0.15, 0.2) is 6.04 Å². The molecule has 0 aliphatic rings. The predicted octanol–water partition coefficient (Wildman–Crippen LogP) is 0.679. The molecule has 0 fully saturated rings. The van der Waals surface area contributed by atoms with Crippen molar-refractivity contribution in [1.29, 1.82) is 0 Å². The Morgan fingerprint density at radius 2 is 2.10 bits per heavy atom. The summed E-state index contributed by atoms with van der Waals surface area (Å²) in [7, 11) is 0. The lowest BCUT2D eigenvalue weighted by Gasteiger charge is -2.13. The van der Waals surface area contributed by atoms with Crippen molar-refractivity contribution in [3.05, 3.63) is 57.8 Å². The van der Waals surface area contributed by atoms with Crippen LogP contribution in [0.15, 0.2) is 36.5 Å². The Morgan fingerprint density at radius 3 is 2.60 bits per heavy atom. The number of nitrogens with two attached hydrogens (primary N) is 1. The number of carbonyl (C=O) groups is 1. The minimum Gasteiger partial charge on any atom is -0.358 e. The van der Waals surface area contributed by atoms with Gasteiger partial charge in [-0.3, -0.25) is 10.2 Å². The summed E-state index contributed by atoms with van der Waals surface area (Å²) in [6.07, 6.45) is 1.45. The molecule has 8 nitrogen and oxygen atoms in total. The highest BCUT2D eigenvalue weighted by Gasteiger charge is 2.28. The normalized spacial score (nSPS) is 11.9. The van der Waals surface area contributed by atoms with E-state index in [-0.39, 0.29) is 5.82 Å². The fourth-order valence-electron chi connectivity index (χ4n) is 1.92. The van der Waals surface area contributed by atoms with Crippen LogP contribution in [0, 0.1) is 17.0 Å². The third-order valence-corrected chi connectivity index (χ3v) is 2.83. The molecule has 0 bridgehead atoms. The minimum absolute atomic E-state index is 0.282. The van der Waals surface area contributed by atoms with Crippen molar-refractivity contribution in [1.82, 2.24) is 15.2 Å². The maximum absolute atomic E-state index is 11.9. The van der Waals surface area contributed by atoms with Crippen molar-refractivity contribution in [2.24, 2.45) is 5.84 Å². The number of aromatic nitrogens is 2. The van der Waals surface area contributed by atoms with E-state index in [4.69, 9.17) is 5.84 Å². The first-order valence-corrected chi connectivity index (χ1v) is 5.80. The van der Waals surface area contributed by atoms with Crippen LogP contribution >= 0.6 is 0 Å². The summed E-state index contributed by atoms with van der Waals surface area (Å²) < 4.78 is 1.24. The number of nitrogens with zero attached hydrogens (tertiary/aromatic N) is 3. The summed E-state index contributed by atoms with van der Waals surface area (Å²) >= 11 is 0. The first kappa shape index (κ1) is 13.7. The molecule has 1 aromatic heterocycles. The Balaban J connectivity index is 2.50. The monoisotopic (exact) mass is 275 g/mol. The van der Waals surface area contributed by atoms with Crippen molar-refractivity contribution >= 4 is 11.7 Å². The summed E-state index contributed by atoms with van der Waals surface area (Å²) in [5, 5.41) is 14.7. The lowest BCUT2D eigenvalue weighted by atomic mass is 10.1. The summed E-state index contributed by atoms with van der Waals surface area (Å²) in [6, 6.07) is 7.92. The highest BCUT2D eigenvalue weighted by molar-refractivity contribution is 5.82. The van der Waals surface area contributed by atoms with Gasteiger partial charge >= 0.3 is 5.82 Å². The van der Waals surface area contributed by atoms with Crippen LogP contribution in [-0.4, -0.2) is 20.6 Å². The van der Waals surface area contributed by atoms with E-state index in [1.807, 2.05) is 0 Å². The van der Waals surface area contributed by atoms with Crippen molar-refractivity contribution in [2.45, 2.75) is 13.0 Å². The zero-order valence-corrected chi connectivity index (χ0v) is 10.7. The number of aryl methyl sites for hydroxylation is 1. The molecule has 3 N–H and O–H groups in total. The first-order valence-electron chi connectivity index (χ1n) is 5.80. The van der Waals surface area contributed by atoms with E-state index in [1.54, 1.807) is 37.3 Å². The van der Waals surface area contributed by atoms with Gasteiger partial charge < -0.3 is 10.1 Å². The van der Waals surface area contributed by atoms with Crippen molar-refractivity contribution in [2.75, 3.05) is 0 Å². The lowest BCUT2D eigenvalue weighted by molar-refractivity contribution is -0.390. The van der Waals surface area contributed by atoms with Gasteiger partial charge in [-0.25, -0.2) is 5.84 Å². The molecule has 1 unspecified atom stereocenters. The third kappa shape index (κ3) is 2.50. The summed E-state index contributed by atoms with van der Waals surface area (Å²) in [5.41, 5.74) is 3.06. The second kappa shape index (κ2) is 5.49. The minimum atomic E-state index is -0.853. The van der Waals surface area contributed by atoms with Crippen LogP contribution in [0.2, 0.25) is 0 Å². The molecule has 0 saturated carbocycles. The van der Waals surface area contributed by atoms with Gasteiger partial charge in [0.05, 0.1) is 16.9 Å². The van der Waals surface area contributed by atoms with Gasteiger partial charge in [0.1, 0.15) is 0 Å². The predicted molar refractivity (Wildman–Crippen MR) is 70.5 cm³/mol. The summed E-state index contributed by atoms with van der Waals surface area (Å²) in [5.74, 6) is 4.39. The number of hydrogen-bond acceptors (Lipinski definition) is 5. The SMILES string of the molecule is Cc1cn(C(C(=O)NN)c2ccccc2)nc1[N+](=O)[O-]. The third-order valence-electron chi connectivity index (χ3n) is 2.83. The zero-order chi connectivity index (χ0) is 14.7. The van der Waals surface area contributed by atoms with Crippen LogP contribution in [0.4, 0.5) is 5.82 Å². The van der Waals surface area contributed by atoms with E-state index in [1.165, 1.54) is 10.9 Å². The van der Waals surface area contributed by atoms with E-state index < -0.39 is 16.9 Å². The fourth-order valence-corrected chi connectivity index (χ4v) is 1.92. The van der Waals surface area contributed by atoms with E-state index in [9.17, 15) is 14.9 Å². The van der Waals surface area contributed by atoms with Gasteiger partial charge in [0, 0.05) is 0 Å². The van der Waals surface area contributed by atoms with Gasteiger partial charge in [-0.05, 0) is 17.4 Å². The number of nitro groups is 1. The number of nitrogens with one attached hydrogen (secondary N) is 1. The van der Waals surface area contributed by atoms with Gasteiger partial charge in [-0.1, -0.05) is 30.3 Å². The molecule has 2 rings (SSSR count). The molecule has 1 heterocycles. The molecule has 1 atom stereocenters. The van der Waals surface area contributed by atoms with Crippen LogP contribution in [-0.2, 0) is 4.79 Å². The van der Waals surface area contributed by atoms with Crippen LogP contribution in [0.25, 0.3) is 0 Å². The van der Waals surface area contributed by atoms with Crippen molar-refractivity contribution < 1.29 is 9.72 Å². The van der Waals surface area contributed by atoms with Gasteiger partial charge in [0.25, 0.3) is 5.91 Å². The Morgan fingerprint density at radius 1 is 1.45 bits per heavy atom. The average Bonchev–Trinajstić information content (AvgIpc) is 2.82. The molecule has 1 amide bonds. The Hall–Kier alpha value is -2.74. The van der Waals surface area contributed by atoms with Crippen LogP contribution in [0.1, 0.15) is 17.2 Å². The van der Waals surface area contributed by atoms with E-state index in [0.717, 1.165) is 0 Å². The topological polar surface area (TPSA) is 116 Å². The molecule has 2 aromatic rings. The molecule has 0 aliphatic heterocycles. The summed E-state index contributed by atoms with van der Waals surface area (Å²) in [4.78, 5) is 22.2. The highest BCUT2D eigenvalue weighted by Crippen LogP contribution is 2.22. The standard InChI is InChI=1S/C12H13N5O3/c1-8-7-16(15-11(8)17(19)20)10(12(18)14-13)9-5-3-2-4-6-9/h2-7,10H,13H2,1H3,(H,14,18). The molecule has 1 aromatic carbocycles. The second-order valence-corrected chi connectivity index (χ2v) is 4.19. The van der Waals surface area contributed by atoms with Gasteiger partial charge in [0.2, 0.25) is 0 Å². The number of benzene rings is 1. The molecule has 0 radical (unpaired) electrons. The zero-order valence-electron chi connectivity index (χ0n) is 10.7. The van der Waals surface area contributed by atoms with Crippen molar-refractivity contribution in [3.63, 3.8) is 0 Å². The van der Waals surface area contributed by atoms with Crippen LogP contribution < -0.4 is 11.3 Å². The molecule has 0 spiro atoms. The summed E-state index contributed by atoms with van der Waals surface area (Å²) in [6.45, 7) is 1.56. The van der Waals surface area contributed by atoms with E-state index in [2.05, 4.69) is 10.5 Å².